The molecule has 0 fully saturated rings. The normalized spacial score (nSPS) is 12.7. The third-order valence-corrected chi connectivity index (χ3v) is 3.54. The van der Waals surface area contributed by atoms with Crippen LogP contribution in [-0.2, 0) is 6.61 Å². The Morgan fingerprint density at radius 3 is 2.54 bits per heavy atom. The van der Waals surface area contributed by atoms with Crippen molar-refractivity contribution in [3.63, 3.8) is 0 Å². The van der Waals surface area contributed by atoms with Gasteiger partial charge in [-0.3, -0.25) is 4.98 Å². The van der Waals surface area contributed by atoms with Gasteiger partial charge < -0.3 is 14.9 Å². The maximum absolute atomic E-state index is 14.3. The minimum Gasteiger partial charge on any atom is -0.480 e. The standard InChI is InChI=1S/C16H14F4N2O4/c1-7-13(6-23)22-12(5-21-7)9-4-14(26-8(2)16(18,19)20)10(15(24)25)3-11(9)17/h3-5,8,23H,6H2,1-2H3,(H,24,25). The number of hydrogen-bond donors (Lipinski definition) is 2. The van der Waals surface area contributed by atoms with Crippen LogP contribution in [0, 0.1) is 12.7 Å². The summed E-state index contributed by atoms with van der Waals surface area (Å²) < 4.78 is 57.2. The van der Waals surface area contributed by atoms with Gasteiger partial charge in [0.1, 0.15) is 17.1 Å². The molecule has 1 heterocycles. The summed E-state index contributed by atoms with van der Waals surface area (Å²) in [4.78, 5) is 19.1. The van der Waals surface area contributed by atoms with Crippen molar-refractivity contribution in [1.29, 1.82) is 0 Å². The summed E-state index contributed by atoms with van der Waals surface area (Å²) in [6.07, 6.45) is -5.89. The number of benzene rings is 1. The van der Waals surface area contributed by atoms with Gasteiger partial charge in [0.05, 0.1) is 29.9 Å². The number of carboxylic acid groups (broad SMARTS) is 1. The number of carboxylic acids is 1. The molecule has 0 saturated carbocycles. The molecule has 0 aliphatic heterocycles. The van der Waals surface area contributed by atoms with Crippen LogP contribution in [-0.4, -0.2) is 38.4 Å². The van der Waals surface area contributed by atoms with Crippen molar-refractivity contribution in [1.82, 2.24) is 9.97 Å². The summed E-state index contributed by atoms with van der Waals surface area (Å²) in [5.41, 5.74) is -0.610. The first kappa shape index (κ1) is 19.6. The van der Waals surface area contributed by atoms with Gasteiger partial charge in [-0.25, -0.2) is 14.2 Å². The van der Waals surface area contributed by atoms with Gasteiger partial charge in [-0.15, -0.1) is 0 Å². The minimum absolute atomic E-state index is 0.0846. The number of halogens is 4. The van der Waals surface area contributed by atoms with E-state index >= 15 is 0 Å². The van der Waals surface area contributed by atoms with E-state index in [9.17, 15) is 27.5 Å². The number of nitrogens with zero attached hydrogens (tertiary/aromatic N) is 2. The minimum atomic E-state index is -4.74. The van der Waals surface area contributed by atoms with Gasteiger partial charge in [0.2, 0.25) is 0 Å². The van der Waals surface area contributed by atoms with Crippen molar-refractivity contribution in [2.24, 2.45) is 0 Å². The first-order chi connectivity index (χ1) is 12.0. The van der Waals surface area contributed by atoms with Crippen molar-refractivity contribution in [3.8, 4) is 17.0 Å². The predicted octanol–water partition coefficient (Wildman–Crippen LogP) is 3.11. The van der Waals surface area contributed by atoms with Crippen LogP contribution in [0.4, 0.5) is 17.6 Å². The van der Waals surface area contributed by atoms with Crippen molar-refractivity contribution < 1.29 is 37.3 Å². The van der Waals surface area contributed by atoms with Gasteiger partial charge in [-0.05, 0) is 26.0 Å². The second-order valence-corrected chi connectivity index (χ2v) is 5.38. The maximum atomic E-state index is 14.3. The van der Waals surface area contributed by atoms with Crippen LogP contribution >= 0.6 is 0 Å². The lowest BCUT2D eigenvalue weighted by Crippen LogP contribution is -2.31. The van der Waals surface area contributed by atoms with Crippen LogP contribution in [0.5, 0.6) is 5.75 Å². The van der Waals surface area contributed by atoms with E-state index in [1.165, 1.54) is 0 Å². The van der Waals surface area contributed by atoms with Crippen LogP contribution < -0.4 is 4.74 Å². The molecule has 26 heavy (non-hydrogen) atoms. The molecule has 0 aliphatic rings. The number of ether oxygens (including phenoxy) is 1. The van der Waals surface area contributed by atoms with Crippen molar-refractivity contribution in [2.75, 3.05) is 0 Å². The molecule has 0 amide bonds. The van der Waals surface area contributed by atoms with Crippen molar-refractivity contribution in [3.05, 3.63) is 41.1 Å². The average Bonchev–Trinajstić information content (AvgIpc) is 2.55. The molecule has 2 aromatic rings. The first-order valence-electron chi connectivity index (χ1n) is 7.28. The van der Waals surface area contributed by atoms with Gasteiger partial charge in [0, 0.05) is 5.56 Å². The van der Waals surface area contributed by atoms with Crippen LogP contribution in [0.3, 0.4) is 0 Å². The first-order valence-corrected chi connectivity index (χ1v) is 7.28. The fourth-order valence-electron chi connectivity index (χ4n) is 2.04. The predicted molar refractivity (Wildman–Crippen MR) is 81.2 cm³/mol. The zero-order chi connectivity index (χ0) is 19.6. The summed E-state index contributed by atoms with van der Waals surface area (Å²) in [5, 5.41) is 18.3. The average molecular weight is 374 g/mol. The van der Waals surface area contributed by atoms with E-state index in [4.69, 9.17) is 9.84 Å². The Hall–Kier alpha value is -2.75. The third-order valence-electron chi connectivity index (χ3n) is 3.54. The Kier molecular flexibility index (Phi) is 5.45. The SMILES string of the molecule is Cc1ncc(-c2cc(OC(C)C(F)(F)F)c(C(=O)O)cc2F)nc1CO. The number of aromatic nitrogens is 2. The quantitative estimate of drug-likeness (QED) is 0.782. The van der Waals surface area contributed by atoms with Gasteiger partial charge >= 0.3 is 12.1 Å². The highest BCUT2D eigenvalue weighted by Gasteiger charge is 2.39. The van der Waals surface area contributed by atoms with Crippen LogP contribution in [0.2, 0.25) is 0 Å². The van der Waals surface area contributed by atoms with E-state index < -0.39 is 42.0 Å². The second-order valence-electron chi connectivity index (χ2n) is 5.38. The summed E-state index contributed by atoms with van der Waals surface area (Å²) in [7, 11) is 0. The Bertz CT molecular complexity index is 840. The molecule has 0 radical (unpaired) electrons. The molecule has 2 N–H and O–H groups in total. The smallest absolute Gasteiger partial charge is 0.425 e. The summed E-state index contributed by atoms with van der Waals surface area (Å²) in [6.45, 7) is 1.78. The number of hydrogen-bond acceptors (Lipinski definition) is 5. The molecule has 0 spiro atoms. The highest BCUT2D eigenvalue weighted by atomic mass is 19.4. The van der Waals surface area contributed by atoms with Gasteiger partial charge in [-0.1, -0.05) is 0 Å². The highest BCUT2D eigenvalue weighted by molar-refractivity contribution is 5.92. The lowest BCUT2D eigenvalue weighted by atomic mass is 10.1. The number of aromatic carboxylic acids is 1. The molecular weight excluding hydrogens is 360 g/mol. The van der Waals surface area contributed by atoms with E-state index in [1.807, 2.05) is 0 Å². The summed E-state index contributed by atoms with van der Waals surface area (Å²) >= 11 is 0. The summed E-state index contributed by atoms with van der Waals surface area (Å²) in [5.74, 6) is -3.34. The molecule has 1 atom stereocenters. The van der Waals surface area contributed by atoms with Gasteiger partial charge in [0.15, 0.2) is 6.10 Å². The van der Waals surface area contributed by atoms with Crippen LogP contribution in [0.25, 0.3) is 11.3 Å². The Morgan fingerprint density at radius 2 is 2.00 bits per heavy atom. The fraction of sp³-hybridized carbons (Fsp3) is 0.312. The number of aliphatic hydroxyl groups is 1. The van der Waals surface area contributed by atoms with Crippen molar-refractivity contribution >= 4 is 5.97 Å². The zero-order valence-electron chi connectivity index (χ0n) is 13.6. The molecule has 2 rings (SSSR count). The molecule has 0 aliphatic carbocycles. The molecule has 140 valence electrons. The van der Waals surface area contributed by atoms with Gasteiger partial charge in [0.25, 0.3) is 0 Å². The Labute approximate surface area is 145 Å². The van der Waals surface area contributed by atoms with E-state index in [-0.39, 0.29) is 17.0 Å². The molecule has 1 unspecified atom stereocenters. The molecule has 10 heteroatoms. The molecule has 6 nitrogen and oxygen atoms in total. The second kappa shape index (κ2) is 7.24. The molecule has 0 saturated heterocycles. The third kappa shape index (κ3) is 4.07. The molecular formula is C16H14F4N2O4. The lowest BCUT2D eigenvalue weighted by Gasteiger charge is -2.19. The van der Waals surface area contributed by atoms with E-state index in [2.05, 4.69) is 9.97 Å². The fourth-order valence-corrected chi connectivity index (χ4v) is 2.04. The monoisotopic (exact) mass is 374 g/mol. The van der Waals surface area contributed by atoms with Crippen LogP contribution in [0.1, 0.15) is 28.7 Å². The molecule has 0 bridgehead atoms. The Balaban J connectivity index is 2.58. The number of alkyl halides is 3. The summed E-state index contributed by atoms with van der Waals surface area (Å²) in [6, 6.07) is 1.37. The lowest BCUT2D eigenvalue weighted by molar-refractivity contribution is -0.189. The van der Waals surface area contributed by atoms with Crippen LogP contribution in [0.15, 0.2) is 18.3 Å². The number of aliphatic hydroxyl groups excluding tert-OH is 1. The Morgan fingerprint density at radius 1 is 1.35 bits per heavy atom. The molecule has 1 aromatic heterocycles. The van der Waals surface area contributed by atoms with E-state index in [1.54, 1.807) is 6.92 Å². The highest BCUT2D eigenvalue weighted by Crippen LogP contribution is 2.33. The number of rotatable bonds is 5. The van der Waals surface area contributed by atoms with E-state index in [0.29, 0.717) is 18.7 Å². The number of aryl methyl sites for hydroxylation is 1. The molecule has 1 aromatic carbocycles. The number of carbonyl (C=O) groups is 1. The largest absolute Gasteiger partial charge is 0.480 e. The topological polar surface area (TPSA) is 92.5 Å². The maximum Gasteiger partial charge on any atom is 0.425 e. The van der Waals surface area contributed by atoms with Gasteiger partial charge in [-0.2, -0.15) is 13.2 Å². The van der Waals surface area contributed by atoms with E-state index in [0.717, 1.165) is 12.3 Å². The zero-order valence-corrected chi connectivity index (χ0v) is 13.6. The van der Waals surface area contributed by atoms with Crippen molar-refractivity contribution in [2.45, 2.75) is 32.7 Å².